The lowest BCUT2D eigenvalue weighted by atomic mass is 9.92. The summed E-state index contributed by atoms with van der Waals surface area (Å²) in [6, 6.07) is 12.1. The van der Waals surface area contributed by atoms with Gasteiger partial charge in [0.05, 0.1) is 11.4 Å². The molecular weight excluding hydrogens is 444 g/mol. The zero-order valence-corrected chi connectivity index (χ0v) is 21.0. The van der Waals surface area contributed by atoms with E-state index in [9.17, 15) is 9.59 Å². The lowest BCUT2D eigenvalue weighted by molar-refractivity contribution is -0.127. The third-order valence-electron chi connectivity index (χ3n) is 7.07. The maximum atomic E-state index is 14.0. The normalized spacial score (nSPS) is 21.3. The molecule has 3 aromatic rings. The number of amides is 2. The summed E-state index contributed by atoms with van der Waals surface area (Å²) in [6.45, 7) is 6.23. The van der Waals surface area contributed by atoms with Crippen molar-refractivity contribution in [3.8, 4) is 10.6 Å². The Balaban J connectivity index is 1.57. The number of benzene rings is 1. The van der Waals surface area contributed by atoms with Crippen LogP contribution < -0.4 is 10.2 Å². The number of hydrogen-bond acceptors (Lipinski definition) is 4. The van der Waals surface area contributed by atoms with Crippen molar-refractivity contribution in [3.63, 3.8) is 0 Å². The molecular formula is C27H32N4O2S. The first kappa shape index (κ1) is 22.8. The minimum absolute atomic E-state index is 0.106. The van der Waals surface area contributed by atoms with E-state index in [0.717, 1.165) is 53.1 Å². The Morgan fingerprint density at radius 1 is 1.09 bits per heavy atom. The van der Waals surface area contributed by atoms with E-state index in [-0.39, 0.29) is 17.9 Å². The summed E-state index contributed by atoms with van der Waals surface area (Å²) in [6.07, 6.45) is 6.70. The van der Waals surface area contributed by atoms with Gasteiger partial charge >= 0.3 is 0 Å². The fraction of sp³-hybridized carbons (Fsp3) is 0.444. The predicted octanol–water partition coefficient (Wildman–Crippen LogP) is 5.49. The first-order valence-electron chi connectivity index (χ1n) is 12.2. The van der Waals surface area contributed by atoms with Crippen LogP contribution in [0.25, 0.3) is 10.6 Å². The lowest BCUT2D eigenvalue weighted by Gasteiger charge is -2.44. The van der Waals surface area contributed by atoms with Crippen molar-refractivity contribution in [2.24, 2.45) is 0 Å². The molecule has 3 heterocycles. The van der Waals surface area contributed by atoms with Crippen LogP contribution in [0.1, 0.15) is 67.1 Å². The second-order valence-corrected chi connectivity index (χ2v) is 10.9. The van der Waals surface area contributed by atoms with Gasteiger partial charge in [0.25, 0.3) is 5.91 Å². The van der Waals surface area contributed by atoms with Crippen molar-refractivity contribution >= 4 is 28.8 Å². The molecule has 178 valence electrons. The monoisotopic (exact) mass is 476 g/mol. The SMILES string of the molecule is Cc1cc(C)cc(N2C(=O)c3cc(-c4cccs4)nn3C[C@@]2(C)C(=O)NC2CCCCCC2)c1. The summed E-state index contributed by atoms with van der Waals surface area (Å²) >= 11 is 1.59. The molecule has 34 heavy (non-hydrogen) atoms. The number of nitrogens with one attached hydrogen (secondary N) is 1. The number of aryl methyl sites for hydroxylation is 2. The molecule has 1 aliphatic carbocycles. The summed E-state index contributed by atoms with van der Waals surface area (Å²) in [5.41, 5.74) is 3.08. The number of carbonyl (C=O) groups excluding carboxylic acids is 2. The van der Waals surface area contributed by atoms with Crippen molar-refractivity contribution in [2.45, 2.75) is 77.4 Å². The molecule has 2 aromatic heterocycles. The Morgan fingerprint density at radius 3 is 2.44 bits per heavy atom. The molecule has 6 nitrogen and oxygen atoms in total. The number of fused-ring (bicyclic) bond motifs is 1. The summed E-state index contributed by atoms with van der Waals surface area (Å²) in [5.74, 6) is -0.296. The third kappa shape index (κ3) is 4.17. The van der Waals surface area contributed by atoms with Gasteiger partial charge in [0.2, 0.25) is 5.91 Å². The molecule has 2 aliphatic rings. The molecule has 1 saturated carbocycles. The van der Waals surface area contributed by atoms with Crippen molar-refractivity contribution in [3.05, 3.63) is 58.6 Å². The molecule has 1 N–H and O–H groups in total. The van der Waals surface area contributed by atoms with Crippen LogP contribution >= 0.6 is 11.3 Å². The van der Waals surface area contributed by atoms with Crippen LogP contribution in [0.2, 0.25) is 0 Å². The second-order valence-electron chi connectivity index (χ2n) is 9.97. The number of rotatable bonds is 4. The van der Waals surface area contributed by atoms with Crippen LogP contribution in [0, 0.1) is 13.8 Å². The molecule has 1 aromatic carbocycles. The van der Waals surface area contributed by atoms with Gasteiger partial charge < -0.3 is 5.32 Å². The summed E-state index contributed by atoms with van der Waals surface area (Å²) in [5, 5.41) is 10.1. The minimum atomic E-state index is -1.09. The molecule has 2 amide bonds. The third-order valence-corrected chi connectivity index (χ3v) is 7.96. The molecule has 0 bridgehead atoms. The highest BCUT2D eigenvalue weighted by molar-refractivity contribution is 7.13. The average Bonchev–Trinajstić information content (AvgIpc) is 3.38. The molecule has 0 spiro atoms. The maximum Gasteiger partial charge on any atom is 0.277 e. The van der Waals surface area contributed by atoms with Gasteiger partial charge in [-0.1, -0.05) is 37.8 Å². The van der Waals surface area contributed by atoms with Gasteiger partial charge in [0.1, 0.15) is 16.9 Å². The van der Waals surface area contributed by atoms with E-state index < -0.39 is 5.54 Å². The zero-order valence-electron chi connectivity index (χ0n) is 20.1. The highest BCUT2D eigenvalue weighted by Gasteiger charge is 2.49. The Labute approximate surface area is 205 Å². The average molecular weight is 477 g/mol. The Kier molecular flexibility index (Phi) is 6.06. The molecule has 0 radical (unpaired) electrons. The Morgan fingerprint density at radius 2 is 1.79 bits per heavy atom. The van der Waals surface area contributed by atoms with Crippen molar-refractivity contribution in [1.29, 1.82) is 0 Å². The largest absolute Gasteiger partial charge is 0.351 e. The molecule has 7 heteroatoms. The van der Waals surface area contributed by atoms with Gasteiger partial charge in [-0.2, -0.15) is 5.10 Å². The van der Waals surface area contributed by atoms with Crippen molar-refractivity contribution < 1.29 is 9.59 Å². The summed E-state index contributed by atoms with van der Waals surface area (Å²) in [7, 11) is 0. The van der Waals surface area contributed by atoms with E-state index in [2.05, 4.69) is 11.4 Å². The number of nitrogens with zero attached hydrogens (tertiary/aromatic N) is 3. The minimum Gasteiger partial charge on any atom is -0.351 e. The van der Waals surface area contributed by atoms with Crippen LogP contribution in [-0.2, 0) is 11.3 Å². The van der Waals surface area contributed by atoms with Crippen LogP contribution in [0.5, 0.6) is 0 Å². The van der Waals surface area contributed by atoms with E-state index in [1.54, 1.807) is 20.9 Å². The number of aromatic nitrogens is 2. The summed E-state index contributed by atoms with van der Waals surface area (Å²) in [4.78, 5) is 30.6. The first-order chi connectivity index (χ1) is 16.3. The fourth-order valence-corrected chi connectivity index (χ4v) is 6.06. The maximum absolute atomic E-state index is 14.0. The molecule has 0 saturated heterocycles. The van der Waals surface area contributed by atoms with Gasteiger partial charge in [-0.15, -0.1) is 11.3 Å². The standard InChI is InChI=1S/C27H32N4O2S/c1-18-13-19(2)15-21(14-18)31-25(32)23-16-22(24-11-8-12-34-24)29-30(23)17-27(31,3)26(33)28-20-9-6-4-5-7-10-20/h8,11-16,20H,4-7,9-10,17H2,1-3H3,(H,28,33)/t27-/m0/s1. The fourth-order valence-electron chi connectivity index (χ4n) is 5.38. The van der Waals surface area contributed by atoms with Gasteiger partial charge in [0.15, 0.2) is 0 Å². The number of thiophene rings is 1. The second kappa shape index (κ2) is 9.02. The molecule has 1 aliphatic heterocycles. The van der Waals surface area contributed by atoms with E-state index >= 15 is 0 Å². The smallest absolute Gasteiger partial charge is 0.277 e. The van der Waals surface area contributed by atoms with Gasteiger partial charge in [-0.3, -0.25) is 19.2 Å². The summed E-state index contributed by atoms with van der Waals surface area (Å²) < 4.78 is 1.73. The molecule has 0 unspecified atom stereocenters. The van der Waals surface area contributed by atoms with E-state index in [0.29, 0.717) is 12.2 Å². The van der Waals surface area contributed by atoms with Gasteiger partial charge in [-0.25, -0.2) is 0 Å². The Hall–Kier alpha value is -2.93. The number of anilines is 1. The topological polar surface area (TPSA) is 67.2 Å². The lowest BCUT2D eigenvalue weighted by Crippen LogP contribution is -2.65. The van der Waals surface area contributed by atoms with E-state index in [4.69, 9.17) is 5.10 Å². The predicted molar refractivity (Wildman–Crippen MR) is 136 cm³/mol. The van der Waals surface area contributed by atoms with Gasteiger partial charge in [0, 0.05) is 11.7 Å². The van der Waals surface area contributed by atoms with Crippen molar-refractivity contribution in [1.82, 2.24) is 15.1 Å². The van der Waals surface area contributed by atoms with Gasteiger partial charge in [-0.05, 0) is 74.4 Å². The highest BCUT2D eigenvalue weighted by atomic mass is 32.1. The number of carbonyl (C=O) groups is 2. The highest BCUT2D eigenvalue weighted by Crippen LogP contribution is 2.36. The first-order valence-corrected chi connectivity index (χ1v) is 13.1. The quantitative estimate of drug-likeness (QED) is 0.507. The molecule has 1 atom stereocenters. The van der Waals surface area contributed by atoms with Crippen LogP contribution in [-0.4, -0.2) is 33.2 Å². The zero-order chi connectivity index (χ0) is 23.9. The molecule has 1 fully saturated rings. The van der Waals surface area contributed by atoms with Crippen LogP contribution in [0.4, 0.5) is 5.69 Å². The van der Waals surface area contributed by atoms with Crippen LogP contribution in [0.15, 0.2) is 41.8 Å². The van der Waals surface area contributed by atoms with E-state index in [1.165, 1.54) is 12.8 Å². The van der Waals surface area contributed by atoms with Crippen LogP contribution in [0.3, 0.4) is 0 Å². The number of hydrogen-bond donors (Lipinski definition) is 1. The van der Waals surface area contributed by atoms with E-state index in [1.807, 2.05) is 56.5 Å². The molecule has 5 rings (SSSR count). The van der Waals surface area contributed by atoms with Crippen molar-refractivity contribution in [2.75, 3.05) is 4.90 Å². The Bertz CT molecular complexity index is 1190.